The van der Waals surface area contributed by atoms with Gasteiger partial charge in [-0.15, -0.1) is 0 Å². The Morgan fingerprint density at radius 2 is 1.81 bits per heavy atom. The van der Waals surface area contributed by atoms with Crippen molar-refractivity contribution < 1.29 is 9.18 Å². The number of hydrogen-bond donors (Lipinski definition) is 0. The minimum atomic E-state index is -0.241. The second-order valence-electron chi connectivity index (χ2n) is 7.94. The van der Waals surface area contributed by atoms with E-state index in [0.717, 1.165) is 39.4 Å². The van der Waals surface area contributed by atoms with E-state index in [0.29, 0.717) is 38.2 Å². The molecule has 4 rings (SSSR count). The Labute approximate surface area is 196 Å². The SMILES string of the molecule is CCc1nc(C)nc(N2CCN(C(=O)c3ccccc3Br)CC2)c1Cc1cccc(F)c1. The number of aryl methyl sites for hydroxylation is 2. The summed E-state index contributed by atoms with van der Waals surface area (Å²) in [5.74, 6) is 1.41. The molecule has 7 heteroatoms. The molecule has 5 nitrogen and oxygen atoms in total. The Hall–Kier alpha value is -2.80. The van der Waals surface area contributed by atoms with Gasteiger partial charge in [0.15, 0.2) is 0 Å². The summed E-state index contributed by atoms with van der Waals surface area (Å²) in [6.07, 6.45) is 1.36. The van der Waals surface area contributed by atoms with Crippen LogP contribution in [-0.4, -0.2) is 47.0 Å². The molecule has 0 aliphatic carbocycles. The summed E-state index contributed by atoms with van der Waals surface area (Å²) in [5, 5.41) is 0. The third kappa shape index (κ3) is 4.83. The van der Waals surface area contributed by atoms with Crippen molar-refractivity contribution in [1.82, 2.24) is 14.9 Å². The lowest BCUT2D eigenvalue weighted by atomic mass is 10.0. The summed E-state index contributed by atoms with van der Waals surface area (Å²) >= 11 is 3.48. The van der Waals surface area contributed by atoms with Crippen LogP contribution in [0, 0.1) is 12.7 Å². The molecule has 3 aromatic rings. The Morgan fingerprint density at radius 3 is 2.50 bits per heavy atom. The van der Waals surface area contributed by atoms with Crippen molar-refractivity contribution in [3.8, 4) is 0 Å². The summed E-state index contributed by atoms with van der Waals surface area (Å²) in [6.45, 7) is 6.59. The fraction of sp³-hybridized carbons (Fsp3) is 0.320. The molecule has 2 aromatic carbocycles. The highest BCUT2D eigenvalue weighted by atomic mass is 79.9. The van der Waals surface area contributed by atoms with Crippen LogP contribution in [0.25, 0.3) is 0 Å². The van der Waals surface area contributed by atoms with E-state index in [4.69, 9.17) is 4.98 Å². The minimum Gasteiger partial charge on any atom is -0.353 e. The van der Waals surface area contributed by atoms with Gasteiger partial charge in [0.05, 0.1) is 5.56 Å². The lowest BCUT2D eigenvalue weighted by Crippen LogP contribution is -2.49. The van der Waals surface area contributed by atoms with Crippen LogP contribution >= 0.6 is 15.9 Å². The zero-order chi connectivity index (χ0) is 22.7. The number of piperazine rings is 1. The zero-order valence-corrected chi connectivity index (χ0v) is 19.9. The van der Waals surface area contributed by atoms with Gasteiger partial charge in [-0.1, -0.05) is 31.2 Å². The first-order chi connectivity index (χ1) is 15.5. The standard InChI is InChI=1S/C25H26BrFN4O/c1-3-23-21(16-18-7-6-8-19(27)15-18)24(29-17(2)28-23)30-11-13-31(14-12-30)25(32)20-9-4-5-10-22(20)26/h4-10,15H,3,11-14,16H2,1-2H3. The molecule has 0 atom stereocenters. The van der Waals surface area contributed by atoms with Crippen LogP contribution in [0.5, 0.6) is 0 Å². The molecule has 1 aliphatic rings. The van der Waals surface area contributed by atoms with Crippen LogP contribution in [0.15, 0.2) is 53.0 Å². The largest absolute Gasteiger partial charge is 0.353 e. The summed E-state index contributed by atoms with van der Waals surface area (Å²) in [5.41, 5.74) is 3.60. The van der Waals surface area contributed by atoms with Gasteiger partial charge >= 0.3 is 0 Å². The molecule has 0 N–H and O–H groups in total. The van der Waals surface area contributed by atoms with Gasteiger partial charge < -0.3 is 9.80 Å². The summed E-state index contributed by atoms with van der Waals surface area (Å²) in [7, 11) is 0. The highest BCUT2D eigenvalue weighted by Crippen LogP contribution is 2.27. The van der Waals surface area contributed by atoms with Crippen molar-refractivity contribution in [2.24, 2.45) is 0 Å². The second kappa shape index (κ2) is 9.77. The first-order valence-electron chi connectivity index (χ1n) is 10.9. The molecule has 166 valence electrons. The molecular weight excluding hydrogens is 471 g/mol. The van der Waals surface area contributed by atoms with Crippen LogP contribution in [0.3, 0.4) is 0 Å². The van der Waals surface area contributed by atoms with Crippen molar-refractivity contribution in [2.45, 2.75) is 26.7 Å². The molecule has 32 heavy (non-hydrogen) atoms. The highest BCUT2D eigenvalue weighted by Gasteiger charge is 2.26. The number of anilines is 1. The van der Waals surface area contributed by atoms with Crippen LogP contribution in [-0.2, 0) is 12.8 Å². The van der Waals surface area contributed by atoms with E-state index >= 15 is 0 Å². The highest BCUT2D eigenvalue weighted by molar-refractivity contribution is 9.10. The van der Waals surface area contributed by atoms with E-state index in [1.165, 1.54) is 6.07 Å². The minimum absolute atomic E-state index is 0.0326. The quantitative estimate of drug-likeness (QED) is 0.508. The third-order valence-corrected chi connectivity index (χ3v) is 6.45. The summed E-state index contributed by atoms with van der Waals surface area (Å²) in [6, 6.07) is 14.2. The summed E-state index contributed by atoms with van der Waals surface area (Å²) < 4.78 is 14.6. The van der Waals surface area contributed by atoms with E-state index < -0.39 is 0 Å². The fourth-order valence-corrected chi connectivity index (χ4v) is 4.60. The lowest BCUT2D eigenvalue weighted by Gasteiger charge is -2.36. The van der Waals surface area contributed by atoms with E-state index in [-0.39, 0.29) is 11.7 Å². The molecule has 0 bridgehead atoms. The maximum Gasteiger partial charge on any atom is 0.255 e. The molecule has 1 fully saturated rings. The number of aromatic nitrogens is 2. The molecular formula is C25H26BrFN4O. The van der Waals surface area contributed by atoms with Gasteiger partial charge in [0.2, 0.25) is 0 Å². The van der Waals surface area contributed by atoms with Crippen LogP contribution in [0.2, 0.25) is 0 Å². The van der Waals surface area contributed by atoms with Gasteiger partial charge in [-0.05, 0) is 59.1 Å². The predicted molar refractivity (Wildman–Crippen MR) is 128 cm³/mol. The van der Waals surface area contributed by atoms with Crippen molar-refractivity contribution >= 4 is 27.7 Å². The van der Waals surface area contributed by atoms with Crippen LogP contribution < -0.4 is 4.90 Å². The van der Waals surface area contributed by atoms with Gasteiger partial charge in [0, 0.05) is 48.3 Å². The smallest absolute Gasteiger partial charge is 0.255 e. The van der Waals surface area contributed by atoms with Gasteiger partial charge in [-0.2, -0.15) is 0 Å². The van der Waals surface area contributed by atoms with Crippen molar-refractivity contribution in [1.29, 1.82) is 0 Å². The second-order valence-corrected chi connectivity index (χ2v) is 8.79. The number of halogens is 2. The van der Waals surface area contributed by atoms with E-state index in [2.05, 4.69) is 32.7 Å². The molecule has 1 aliphatic heterocycles. The van der Waals surface area contributed by atoms with E-state index in [9.17, 15) is 9.18 Å². The van der Waals surface area contributed by atoms with Crippen LogP contribution in [0.4, 0.5) is 10.2 Å². The number of benzene rings is 2. The van der Waals surface area contributed by atoms with Gasteiger partial charge in [0.1, 0.15) is 17.5 Å². The Bertz CT molecular complexity index is 1130. The van der Waals surface area contributed by atoms with E-state index in [1.54, 1.807) is 12.1 Å². The van der Waals surface area contributed by atoms with Crippen molar-refractivity contribution in [2.75, 3.05) is 31.1 Å². The normalized spacial score (nSPS) is 14.0. The monoisotopic (exact) mass is 496 g/mol. The molecule has 0 spiro atoms. The third-order valence-electron chi connectivity index (χ3n) is 5.76. The Kier molecular flexibility index (Phi) is 6.84. The van der Waals surface area contributed by atoms with E-state index in [1.807, 2.05) is 42.2 Å². The van der Waals surface area contributed by atoms with Gasteiger partial charge in [0.25, 0.3) is 5.91 Å². The number of carbonyl (C=O) groups is 1. The maximum absolute atomic E-state index is 13.8. The first-order valence-corrected chi connectivity index (χ1v) is 11.6. The molecule has 1 saturated heterocycles. The molecule has 1 amide bonds. The predicted octanol–water partition coefficient (Wildman–Crippen LogP) is 4.80. The lowest BCUT2D eigenvalue weighted by molar-refractivity contribution is 0.0745. The topological polar surface area (TPSA) is 49.3 Å². The zero-order valence-electron chi connectivity index (χ0n) is 18.3. The number of nitrogens with zero attached hydrogens (tertiary/aromatic N) is 4. The molecule has 0 saturated carbocycles. The van der Waals surface area contributed by atoms with Gasteiger partial charge in [-0.25, -0.2) is 14.4 Å². The Balaban J connectivity index is 1.57. The molecule has 2 heterocycles. The number of amides is 1. The number of hydrogen-bond acceptors (Lipinski definition) is 4. The number of rotatable bonds is 5. The van der Waals surface area contributed by atoms with Crippen LogP contribution in [0.1, 0.15) is 39.9 Å². The average Bonchev–Trinajstić information content (AvgIpc) is 2.80. The fourth-order valence-electron chi connectivity index (χ4n) is 4.15. The van der Waals surface area contributed by atoms with Gasteiger partial charge in [-0.3, -0.25) is 4.79 Å². The van der Waals surface area contributed by atoms with Crippen molar-refractivity contribution in [3.05, 3.63) is 87.0 Å². The Morgan fingerprint density at radius 1 is 1.06 bits per heavy atom. The first kappa shape index (κ1) is 22.4. The summed E-state index contributed by atoms with van der Waals surface area (Å²) in [4.78, 5) is 26.5. The molecule has 0 unspecified atom stereocenters. The maximum atomic E-state index is 13.8. The molecule has 0 radical (unpaired) electrons. The number of carbonyl (C=O) groups excluding carboxylic acids is 1. The van der Waals surface area contributed by atoms with Crippen molar-refractivity contribution in [3.63, 3.8) is 0 Å². The molecule has 1 aromatic heterocycles. The average molecular weight is 497 g/mol.